The first-order valence-corrected chi connectivity index (χ1v) is 36.7. The molecule has 25 nitrogen and oxygen atoms in total. The lowest BCUT2D eigenvalue weighted by atomic mass is 9.83. The summed E-state index contributed by atoms with van der Waals surface area (Å²) in [6, 6.07) is 20.3. The van der Waals surface area contributed by atoms with Gasteiger partial charge in [-0.1, -0.05) is 6.07 Å². The Hall–Kier alpha value is -11.9. The number of alkyl halides is 3. The normalized spacial score (nSPS) is 16.1. The van der Waals surface area contributed by atoms with Crippen LogP contribution in [0.25, 0.3) is 121 Å². The molecule has 0 radical (unpaired) electrons. The van der Waals surface area contributed by atoms with Crippen molar-refractivity contribution in [3.8, 4) is 39.5 Å². The average molecular weight is 1450 g/mol. The van der Waals surface area contributed by atoms with Gasteiger partial charge in [0.1, 0.15) is 11.4 Å². The number of pyridine rings is 4. The van der Waals surface area contributed by atoms with Crippen LogP contribution >= 0.6 is 0 Å². The minimum atomic E-state index is -4.53. The van der Waals surface area contributed by atoms with Crippen molar-refractivity contribution in [2.24, 2.45) is 5.73 Å². The van der Waals surface area contributed by atoms with Crippen molar-refractivity contribution >= 4 is 98.8 Å². The van der Waals surface area contributed by atoms with Crippen LogP contribution in [0.2, 0.25) is 0 Å². The number of hydrogen-bond acceptors (Lipinski definition) is 17. The number of aryl methyl sites for hydroxylation is 5. The number of ether oxygens (including phenoxy) is 1. The summed E-state index contributed by atoms with van der Waals surface area (Å²) in [4.78, 5) is 39.6. The average Bonchev–Trinajstić information content (AvgIpc) is 1.42. The van der Waals surface area contributed by atoms with Gasteiger partial charge < -0.3 is 25.6 Å². The van der Waals surface area contributed by atoms with Gasteiger partial charge in [0, 0.05) is 141 Å². The first kappa shape index (κ1) is 68.0. The van der Waals surface area contributed by atoms with Crippen LogP contribution in [0.1, 0.15) is 96.9 Å². The monoisotopic (exact) mass is 1450 g/mol. The molecule has 5 aliphatic rings. The van der Waals surface area contributed by atoms with Gasteiger partial charge in [0.05, 0.1) is 122 Å². The van der Waals surface area contributed by atoms with E-state index < -0.39 is 17.6 Å². The summed E-state index contributed by atoms with van der Waals surface area (Å²) in [5.74, 6) is 0.449. The summed E-state index contributed by atoms with van der Waals surface area (Å²) in [6.07, 6.45) is 16.7. The molecule has 1 saturated heterocycles. The highest BCUT2D eigenvalue weighted by Crippen LogP contribution is 2.45. The Morgan fingerprint density at radius 1 is 0.509 bits per heavy atom. The number of H-pyrrole nitrogens is 7. The number of carbonyl (C=O) groups excluding carboxylic acids is 1. The van der Waals surface area contributed by atoms with E-state index in [4.69, 9.17) is 30.4 Å². The zero-order chi connectivity index (χ0) is 73.6. The minimum absolute atomic E-state index is 0.112. The van der Waals surface area contributed by atoms with Gasteiger partial charge in [-0.15, -0.1) is 0 Å². The molecule has 0 spiro atoms. The Morgan fingerprint density at radius 3 is 1.51 bits per heavy atom. The fourth-order valence-corrected chi connectivity index (χ4v) is 16.7. The molecule has 546 valence electrons. The summed E-state index contributed by atoms with van der Waals surface area (Å²) < 4.78 is 48.1. The van der Waals surface area contributed by atoms with E-state index in [9.17, 15) is 18.0 Å². The standard InChI is InChI=1S/C28H29F3N6O.2C18H18N6.C16H13N5O/c1-36-10-12-37(13-11-36)16-17-6-7-18(14-22(17)28(29,30)31)33-27(38)26-20-5-3-2-4-19(20)25-21-15-32-35-23(21)8-9-24(25)34-26;1-10-12(7-19-22-10)18-14-9-24(2)6-5-11(14)17-13-8-20-23-15(13)3-4-16(17)21-18;1-9-13(7-20-23-9)18-12-6-10(19)2-3-11(12)17-14-8-21-24-15(14)4-5-16(17)22-18;1-8-10(6-17-20-8)15-9-4-5-22-16(9)14-11-7-18-21-12(11)2-3-13(14)19-15/h6-9,14-15H,2-5,10-13,16H2,1H3,(H,32,35)(H,33,38);3-4,7-8H,5-6,9H2,1-2H3,(H,19,22)(H,20,23);4-5,7-8,10H,2-3,6,19H2,1H3,(H,20,23)(H,21,24);2-3,6-7H,4-5H2,1H3,(H,17,20)(H,18,21). The fourth-order valence-electron chi connectivity index (χ4n) is 16.7. The number of aromatic amines is 7. The molecule has 28 heteroatoms. The summed E-state index contributed by atoms with van der Waals surface area (Å²) in [5, 5.41) is 61.9. The van der Waals surface area contributed by atoms with Crippen LogP contribution in [0.5, 0.6) is 5.75 Å². The molecule has 1 amide bonds. The minimum Gasteiger partial charge on any atom is -0.492 e. The van der Waals surface area contributed by atoms with Crippen LogP contribution in [0.3, 0.4) is 0 Å². The first-order chi connectivity index (χ1) is 52.5. The SMILES string of the molecule is CN1CCN(Cc2ccc(NC(=O)c3nc4ccc5[nH]ncc5c4c4c3CCCC4)cc2C(F)(F)F)CC1.Cc1[nH]ncc1-c1nc2ccc3[nH]ncc3c2c2c1CC(N)CC2.Cc1[nH]ncc1-c1nc2ccc3[nH]ncc3c2c2c1CCO2.Cc1[nH]ncc1-c1nc2ccc3[nH]ncc3c2c2c1CN(C)CC2. The molecule has 21 rings (SSSR count). The molecule has 2 aliphatic carbocycles. The Labute approximate surface area is 615 Å². The Bertz CT molecular complexity index is 6010. The van der Waals surface area contributed by atoms with Crippen LogP contribution in [-0.2, 0) is 57.8 Å². The molecule has 14 heterocycles. The lowest BCUT2D eigenvalue weighted by Gasteiger charge is -2.33. The van der Waals surface area contributed by atoms with Crippen LogP contribution < -0.4 is 15.8 Å². The van der Waals surface area contributed by atoms with E-state index in [1.807, 2.05) is 100 Å². The molecule has 0 saturated carbocycles. The molecule has 10 N–H and O–H groups in total. The summed E-state index contributed by atoms with van der Waals surface area (Å²) >= 11 is 0. The van der Waals surface area contributed by atoms with E-state index in [2.05, 4.69) is 112 Å². The second-order valence-electron chi connectivity index (χ2n) is 29.1. The maximum atomic E-state index is 14.0. The largest absolute Gasteiger partial charge is 0.492 e. The number of anilines is 1. The topological polar surface area (TPSA) is 326 Å². The summed E-state index contributed by atoms with van der Waals surface area (Å²) in [5.41, 5.74) is 31.6. The number of nitrogens with two attached hydrogens (primary N) is 1. The molecule has 11 aromatic heterocycles. The van der Waals surface area contributed by atoms with Crippen molar-refractivity contribution in [1.29, 1.82) is 0 Å². The van der Waals surface area contributed by atoms with Crippen molar-refractivity contribution in [2.75, 3.05) is 58.7 Å². The van der Waals surface area contributed by atoms with Gasteiger partial charge in [0.15, 0.2) is 0 Å². The zero-order valence-electron chi connectivity index (χ0n) is 60.3. The molecule has 108 heavy (non-hydrogen) atoms. The zero-order valence-corrected chi connectivity index (χ0v) is 60.3. The van der Waals surface area contributed by atoms with Gasteiger partial charge in [-0.2, -0.15) is 48.9 Å². The number of nitrogens with one attached hydrogen (secondary N) is 8. The third kappa shape index (κ3) is 12.3. The van der Waals surface area contributed by atoms with E-state index in [0.717, 1.165) is 241 Å². The molecular weight excluding hydrogens is 1370 g/mol. The van der Waals surface area contributed by atoms with Crippen LogP contribution in [0, 0.1) is 20.8 Å². The predicted octanol–water partition coefficient (Wildman–Crippen LogP) is 13.2. The van der Waals surface area contributed by atoms with E-state index >= 15 is 0 Å². The maximum Gasteiger partial charge on any atom is 0.416 e. The molecule has 1 atom stereocenters. The molecule has 1 fully saturated rings. The Balaban J connectivity index is 0.000000104. The number of benzene rings is 5. The number of amides is 1. The van der Waals surface area contributed by atoms with Gasteiger partial charge in [-0.25, -0.2) is 19.9 Å². The molecular formula is C80H78F3N23O2. The summed E-state index contributed by atoms with van der Waals surface area (Å²) in [7, 11) is 4.17. The number of halogens is 3. The van der Waals surface area contributed by atoms with E-state index in [1.54, 1.807) is 12.3 Å². The number of nitrogens with zero attached hydrogens (tertiary/aromatic N) is 14. The highest BCUT2D eigenvalue weighted by molar-refractivity contribution is 6.13. The smallest absolute Gasteiger partial charge is 0.416 e. The van der Waals surface area contributed by atoms with E-state index in [1.165, 1.54) is 39.1 Å². The fraction of sp³-hybridized carbons (Fsp3) is 0.300. The lowest BCUT2D eigenvalue weighted by Crippen LogP contribution is -2.44. The Morgan fingerprint density at radius 2 is 0.981 bits per heavy atom. The second kappa shape index (κ2) is 27.5. The van der Waals surface area contributed by atoms with Crippen LogP contribution in [-0.4, -0.2) is 171 Å². The number of rotatable bonds is 7. The number of hydrogen-bond donors (Lipinski definition) is 9. The summed E-state index contributed by atoms with van der Waals surface area (Å²) in [6.45, 7) is 12.1. The second-order valence-corrected chi connectivity index (χ2v) is 29.1. The number of carbonyl (C=O) groups is 1. The predicted molar refractivity (Wildman–Crippen MR) is 411 cm³/mol. The van der Waals surface area contributed by atoms with Crippen molar-refractivity contribution in [3.05, 3.63) is 183 Å². The Kier molecular flexibility index (Phi) is 17.3. The van der Waals surface area contributed by atoms with Crippen molar-refractivity contribution < 1.29 is 22.7 Å². The lowest BCUT2D eigenvalue weighted by molar-refractivity contribution is -0.138. The van der Waals surface area contributed by atoms with Crippen LogP contribution in [0.15, 0.2) is 110 Å². The van der Waals surface area contributed by atoms with Crippen molar-refractivity contribution in [2.45, 2.75) is 104 Å². The van der Waals surface area contributed by atoms with Gasteiger partial charge in [-0.3, -0.25) is 45.4 Å². The van der Waals surface area contributed by atoms with Crippen molar-refractivity contribution in [3.63, 3.8) is 0 Å². The highest BCUT2D eigenvalue weighted by atomic mass is 19.4. The molecule has 0 bridgehead atoms. The molecule has 5 aromatic carbocycles. The maximum absolute atomic E-state index is 14.0. The van der Waals surface area contributed by atoms with E-state index in [0.29, 0.717) is 18.5 Å². The molecule has 3 aliphatic heterocycles. The van der Waals surface area contributed by atoms with Gasteiger partial charge in [-0.05, 0) is 186 Å². The quantitative estimate of drug-likeness (QED) is 0.0716. The van der Waals surface area contributed by atoms with Gasteiger partial charge in [0.25, 0.3) is 5.91 Å². The van der Waals surface area contributed by atoms with Crippen molar-refractivity contribution in [1.82, 2.24) is 106 Å². The number of piperazine rings is 1. The number of fused-ring (bicyclic) bond motifs is 20. The third-order valence-electron chi connectivity index (χ3n) is 22.2. The number of aromatic nitrogens is 18. The molecule has 1 unspecified atom stereocenters. The third-order valence-corrected chi connectivity index (χ3v) is 22.2. The highest BCUT2D eigenvalue weighted by Gasteiger charge is 2.36. The first-order valence-electron chi connectivity index (χ1n) is 36.7. The van der Waals surface area contributed by atoms with Crippen LogP contribution in [0.4, 0.5) is 18.9 Å². The molecule has 16 aromatic rings. The van der Waals surface area contributed by atoms with E-state index in [-0.39, 0.29) is 29.5 Å². The number of likely N-dealkylation sites (N-methyl/N-ethyl adjacent to an activating group) is 2. The van der Waals surface area contributed by atoms with Gasteiger partial charge >= 0.3 is 6.18 Å². The van der Waals surface area contributed by atoms with Gasteiger partial charge in [0.2, 0.25) is 0 Å².